The number of thiophene rings is 1. The Labute approximate surface area is 185 Å². The SMILES string of the molecule is O=C(NCC1C=C(c2ccc(-c3ccccc3C(F)(F)F)cc2)NO1)c1ccc(Cl)s1. The molecule has 3 aromatic rings. The van der Waals surface area contributed by atoms with Gasteiger partial charge in [-0.3, -0.25) is 15.1 Å². The molecule has 1 unspecified atom stereocenters. The zero-order valence-electron chi connectivity index (χ0n) is 15.9. The van der Waals surface area contributed by atoms with Crippen molar-refractivity contribution in [2.45, 2.75) is 12.3 Å². The first-order chi connectivity index (χ1) is 14.8. The Morgan fingerprint density at radius 1 is 1.06 bits per heavy atom. The molecule has 1 aliphatic heterocycles. The van der Waals surface area contributed by atoms with Gasteiger partial charge in [0.25, 0.3) is 5.91 Å². The maximum absolute atomic E-state index is 13.3. The van der Waals surface area contributed by atoms with Gasteiger partial charge in [0.2, 0.25) is 0 Å². The Bertz CT molecular complexity index is 1130. The third-order valence-electron chi connectivity index (χ3n) is 4.67. The van der Waals surface area contributed by atoms with E-state index in [9.17, 15) is 18.0 Å². The Kier molecular flexibility index (Phi) is 6.04. The molecule has 31 heavy (non-hydrogen) atoms. The summed E-state index contributed by atoms with van der Waals surface area (Å²) < 4.78 is 40.3. The molecule has 9 heteroatoms. The lowest BCUT2D eigenvalue weighted by Gasteiger charge is -2.13. The van der Waals surface area contributed by atoms with Crippen LogP contribution < -0.4 is 10.8 Å². The van der Waals surface area contributed by atoms with Gasteiger partial charge in [0.05, 0.1) is 27.0 Å². The van der Waals surface area contributed by atoms with Crippen LogP contribution in [0.5, 0.6) is 0 Å². The molecule has 2 heterocycles. The summed E-state index contributed by atoms with van der Waals surface area (Å²) in [4.78, 5) is 18.1. The summed E-state index contributed by atoms with van der Waals surface area (Å²) in [5.74, 6) is -0.241. The topological polar surface area (TPSA) is 50.4 Å². The number of amides is 1. The van der Waals surface area contributed by atoms with E-state index >= 15 is 0 Å². The number of rotatable bonds is 5. The van der Waals surface area contributed by atoms with Crippen molar-refractivity contribution >= 4 is 34.5 Å². The number of carbonyl (C=O) groups excluding carboxylic acids is 1. The number of nitrogens with one attached hydrogen (secondary N) is 2. The zero-order valence-corrected chi connectivity index (χ0v) is 17.4. The molecule has 2 aromatic carbocycles. The lowest BCUT2D eigenvalue weighted by molar-refractivity contribution is -0.137. The van der Waals surface area contributed by atoms with E-state index in [-0.39, 0.29) is 24.1 Å². The zero-order chi connectivity index (χ0) is 22.0. The van der Waals surface area contributed by atoms with Crippen LogP contribution in [0.25, 0.3) is 16.8 Å². The van der Waals surface area contributed by atoms with Gasteiger partial charge in [-0.2, -0.15) is 13.2 Å². The molecule has 0 bridgehead atoms. The van der Waals surface area contributed by atoms with Gasteiger partial charge in [0.1, 0.15) is 6.10 Å². The molecule has 4 rings (SSSR count). The third-order valence-corrected chi connectivity index (χ3v) is 5.90. The minimum atomic E-state index is -4.43. The van der Waals surface area contributed by atoms with Crippen molar-refractivity contribution in [3.8, 4) is 11.1 Å². The van der Waals surface area contributed by atoms with Crippen molar-refractivity contribution < 1.29 is 22.8 Å². The second kappa shape index (κ2) is 8.74. The maximum atomic E-state index is 13.3. The predicted octanol–water partition coefficient (Wildman–Crippen LogP) is 5.76. The van der Waals surface area contributed by atoms with Gasteiger partial charge in [-0.05, 0) is 41.0 Å². The molecule has 0 radical (unpaired) electrons. The highest BCUT2D eigenvalue weighted by Gasteiger charge is 2.33. The van der Waals surface area contributed by atoms with Crippen molar-refractivity contribution in [3.63, 3.8) is 0 Å². The number of halogens is 4. The van der Waals surface area contributed by atoms with Gasteiger partial charge in [-0.1, -0.05) is 54.1 Å². The summed E-state index contributed by atoms with van der Waals surface area (Å²) in [6.07, 6.45) is -3.01. The highest BCUT2D eigenvalue weighted by molar-refractivity contribution is 7.18. The minimum absolute atomic E-state index is 0.125. The highest BCUT2D eigenvalue weighted by atomic mass is 35.5. The maximum Gasteiger partial charge on any atom is 0.417 e. The average Bonchev–Trinajstić information content (AvgIpc) is 3.41. The van der Waals surface area contributed by atoms with Gasteiger partial charge < -0.3 is 5.32 Å². The normalized spacial score (nSPS) is 16.0. The average molecular weight is 465 g/mol. The monoisotopic (exact) mass is 464 g/mol. The quantitative estimate of drug-likeness (QED) is 0.504. The van der Waals surface area contributed by atoms with Crippen molar-refractivity contribution in [2.75, 3.05) is 6.54 Å². The number of hydrogen-bond donors (Lipinski definition) is 2. The molecule has 1 aromatic heterocycles. The second-order valence-corrected chi connectivity index (χ2v) is 8.49. The minimum Gasteiger partial charge on any atom is -0.348 e. The molecule has 1 atom stereocenters. The van der Waals surface area contributed by atoms with Gasteiger partial charge >= 0.3 is 6.18 Å². The molecule has 0 spiro atoms. The molecular weight excluding hydrogens is 449 g/mol. The second-order valence-electron chi connectivity index (χ2n) is 6.77. The number of hydrogen-bond acceptors (Lipinski definition) is 4. The number of alkyl halides is 3. The number of benzene rings is 2. The van der Waals surface area contributed by atoms with Crippen LogP contribution in [-0.4, -0.2) is 18.6 Å². The summed E-state index contributed by atoms with van der Waals surface area (Å²) in [5, 5.41) is 2.77. The molecule has 0 saturated heterocycles. The van der Waals surface area contributed by atoms with Gasteiger partial charge in [-0.15, -0.1) is 11.3 Å². The van der Waals surface area contributed by atoms with Crippen molar-refractivity contribution in [1.82, 2.24) is 10.8 Å². The molecule has 0 aliphatic carbocycles. The first-order valence-electron chi connectivity index (χ1n) is 9.25. The molecule has 4 nitrogen and oxygen atoms in total. The van der Waals surface area contributed by atoms with E-state index in [0.717, 1.165) is 11.6 Å². The van der Waals surface area contributed by atoms with Gasteiger partial charge in [-0.25, -0.2) is 0 Å². The van der Waals surface area contributed by atoms with Crippen LogP contribution in [0.4, 0.5) is 13.2 Å². The van der Waals surface area contributed by atoms with Gasteiger partial charge in [0, 0.05) is 0 Å². The first-order valence-corrected chi connectivity index (χ1v) is 10.4. The van der Waals surface area contributed by atoms with Crippen molar-refractivity contribution in [2.24, 2.45) is 0 Å². The van der Waals surface area contributed by atoms with Crippen LogP contribution >= 0.6 is 22.9 Å². The Morgan fingerprint density at radius 2 is 1.77 bits per heavy atom. The lowest BCUT2D eigenvalue weighted by atomic mass is 9.98. The summed E-state index contributed by atoms with van der Waals surface area (Å²) in [6, 6.07) is 15.5. The van der Waals surface area contributed by atoms with E-state index in [1.165, 1.54) is 23.5 Å². The fourth-order valence-corrected chi connectivity index (χ4v) is 4.14. The fraction of sp³-hybridized carbons (Fsp3) is 0.136. The summed E-state index contributed by atoms with van der Waals surface area (Å²) >= 11 is 7.03. The van der Waals surface area contributed by atoms with Crippen molar-refractivity contribution in [3.05, 3.63) is 87.1 Å². The molecule has 1 aliphatic rings. The van der Waals surface area contributed by atoms with E-state index < -0.39 is 11.7 Å². The fourth-order valence-electron chi connectivity index (χ4n) is 3.18. The highest BCUT2D eigenvalue weighted by Crippen LogP contribution is 2.37. The van der Waals surface area contributed by atoms with Crippen LogP contribution in [-0.2, 0) is 11.0 Å². The van der Waals surface area contributed by atoms with E-state index in [2.05, 4.69) is 10.8 Å². The Morgan fingerprint density at radius 3 is 2.45 bits per heavy atom. The Balaban J connectivity index is 1.44. The number of carbonyl (C=O) groups is 1. The van der Waals surface area contributed by atoms with E-state index in [1.54, 1.807) is 48.5 Å². The summed E-state index contributed by atoms with van der Waals surface area (Å²) in [6.45, 7) is 0.252. The standard InChI is InChI=1S/C22H16ClF3N2O2S/c23-20-10-9-19(31-20)21(29)27-12-15-11-18(28-30-15)14-7-5-13(6-8-14)16-3-1-2-4-17(16)22(24,25)26/h1-11,15,28H,12H2,(H,27,29). The van der Waals surface area contributed by atoms with Crippen LogP contribution in [0.3, 0.4) is 0 Å². The molecular formula is C22H16ClF3N2O2S. The van der Waals surface area contributed by atoms with Gasteiger partial charge in [0.15, 0.2) is 0 Å². The molecule has 160 valence electrons. The van der Waals surface area contributed by atoms with Crippen LogP contribution in [0.2, 0.25) is 4.34 Å². The third kappa shape index (κ3) is 4.92. The smallest absolute Gasteiger partial charge is 0.348 e. The van der Waals surface area contributed by atoms with Crippen LogP contribution in [0.1, 0.15) is 20.8 Å². The molecule has 2 N–H and O–H groups in total. The molecule has 0 saturated carbocycles. The van der Waals surface area contributed by atoms with Crippen molar-refractivity contribution in [1.29, 1.82) is 0 Å². The summed E-state index contributed by atoms with van der Waals surface area (Å²) in [7, 11) is 0. The van der Waals surface area contributed by atoms with E-state index in [1.807, 2.05) is 0 Å². The predicted molar refractivity (Wildman–Crippen MR) is 115 cm³/mol. The summed E-state index contributed by atoms with van der Waals surface area (Å²) in [5.41, 5.74) is 4.15. The van der Waals surface area contributed by atoms with E-state index in [0.29, 0.717) is 20.5 Å². The molecule has 1 amide bonds. The van der Waals surface area contributed by atoms with Crippen LogP contribution in [0, 0.1) is 0 Å². The number of hydroxylamine groups is 1. The van der Waals surface area contributed by atoms with E-state index in [4.69, 9.17) is 16.4 Å². The van der Waals surface area contributed by atoms with Crippen LogP contribution in [0.15, 0.2) is 66.7 Å². The largest absolute Gasteiger partial charge is 0.417 e. The first kappa shape index (κ1) is 21.4. The Hall–Kier alpha value is -2.81. The lowest BCUT2D eigenvalue weighted by Crippen LogP contribution is -2.31. The molecule has 0 fully saturated rings.